The maximum Gasteiger partial charge on any atom is 0.238 e. The van der Waals surface area contributed by atoms with Crippen molar-refractivity contribution in [1.29, 1.82) is 0 Å². The maximum atomic E-state index is 12.1. The molecule has 0 aromatic heterocycles. The molecule has 5 heteroatoms. The molecule has 112 valence electrons. The Hall–Kier alpha value is -1.10. The van der Waals surface area contributed by atoms with E-state index in [0.29, 0.717) is 12.6 Å². The smallest absolute Gasteiger partial charge is 0.238 e. The van der Waals surface area contributed by atoms with Crippen LogP contribution in [-0.2, 0) is 4.79 Å². The van der Waals surface area contributed by atoms with Crippen molar-refractivity contribution in [3.63, 3.8) is 0 Å². The van der Waals surface area contributed by atoms with Gasteiger partial charge in [0.05, 0.1) is 6.54 Å². The minimum absolute atomic E-state index is 0. The maximum absolute atomic E-state index is 12.1. The van der Waals surface area contributed by atoms with E-state index in [9.17, 15) is 4.79 Å². The standard InChI is InChI=1S/C15H23N3O.ClH/c1-11-4-3-5-12(2)15(11)17-14(19)10-18-8-6-13(16)7-9-18;/h3-5,13H,6-10,16H2,1-2H3,(H,17,19);1H. The van der Waals surface area contributed by atoms with Crippen molar-refractivity contribution in [2.45, 2.75) is 32.7 Å². The average Bonchev–Trinajstić information content (AvgIpc) is 2.37. The number of carbonyl (C=O) groups is 1. The molecule has 1 saturated heterocycles. The molecular weight excluding hydrogens is 274 g/mol. The molecule has 4 nitrogen and oxygen atoms in total. The fourth-order valence-corrected chi connectivity index (χ4v) is 2.50. The van der Waals surface area contributed by atoms with Gasteiger partial charge < -0.3 is 11.1 Å². The van der Waals surface area contributed by atoms with Crippen molar-refractivity contribution in [1.82, 2.24) is 4.90 Å². The Bertz CT molecular complexity index is 436. The molecule has 1 fully saturated rings. The quantitative estimate of drug-likeness (QED) is 0.898. The van der Waals surface area contributed by atoms with Crippen LogP contribution in [0.25, 0.3) is 0 Å². The van der Waals surface area contributed by atoms with Gasteiger partial charge in [-0.2, -0.15) is 0 Å². The van der Waals surface area contributed by atoms with Crippen LogP contribution in [0.5, 0.6) is 0 Å². The highest BCUT2D eigenvalue weighted by molar-refractivity contribution is 5.93. The third-order valence-corrected chi connectivity index (χ3v) is 3.74. The van der Waals surface area contributed by atoms with Gasteiger partial charge in [-0.15, -0.1) is 12.4 Å². The van der Waals surface area contributed by atoms with Crippen molar-refractivity contribution >= 4 is 24.0 Å². The molecule has 1 aliphatic heterocycles. The number of para-hydroxylation sites is 1. The van der Waals surface area contributed by atoms with Crippen molar-refractivity contribution in [3.8, 4) is 0 Å². The number of nitrogens with two attached hydrogens (primary N) is 1. The van der Waals surface area contributed by atoms with Gasteiger partial charge in [0.25, 0.3) is 0 Å². The monoisotopic (exact) mass is 297 g/mol. The first-order valence-electron chi connectivity index (χ1n) is 6.90. The highest BCUT2D eigenvalue weighted by Gasteiger charge is 2.18. The van der Waals surface area contributed by atoms with E-state index in [1.54, 1.807) is 0 Å². The second kappa shape index (κ2) is 7.62. The van der Waals surface area contributed by atoms with Gasteiger partial charge in [-0.1, -0.05) is 18.2 Å². The number of nitrogens with zero attached hydrogens (tertiary/aromatic N) is 1. The fraction of sp³-hybridized carbons (Fsp3) is 0.533. The molecule has 1 aliphatic rings. The molecule has 1 aromatic carbocycles. The molecule has 1 heterocycles. The Kier molecular flexibility index (Phi) is 6.46. The van der Waals surface area contributed by atoms with Crippen LogP contribution in [0.3, 0.4) is 0 Å². The number of piperidine rings is 1. The lowest BCUT2D eigenvalue weighted by Gasteiger charge is -2.29. The lowest BCUT2D eigenvalue weighted by molar-refractivity contribution is -0.117. The zero-order valence-electron chi connectivity index (χ0n) is 12.2. The van der Waals surface area contributed by atoms with Crippen LogP contribution >= 0.6 is 12.4 Å². The first-order chi connectivity index (χ1) is 9.06. The Morgan fingerprint density at radius 3 is 2.40 bits per heavy atom. The number of halogens is 1. The van der Waals surface area contributed by atoms with E-state index >= 15 is 0 Å². The Morgan fingerprint density at radius 2 is 1.85 bits per heavy atom. The van der Waals surface area contributed by atoms with Gasteiger partial charge in [0, 0.05) is 24.8 Å². The van der Waals surface area contributed by atoms with E-state index in [2.05, 4.69) is 10.2 Å². The first-order valence-corrected chi connectivity index (χ1v) is 6.90. The van der Waals surface area contributed by atoms with Crippen LogP contribution in [0, 0.1) is 13.8 Å². The summed E-state index contributed by atoms with van der Waals surface area (Å²) in [6, 6.07) is 6.34. The second-order valence-electron chi connectivity index (χ2n) is 5.43. The number of rotatable bonds is 3. The van der Waals surface area contributed by atoms with Crippen LogP contribution in [-0.4, -0.2) is 36.5 Å². The number of anilines is 1. The fourth-order valence-electron chi connectivity index (χ4n) is 2.50. The number of likely N-dealkylation sites (tertiary alicyclic amines) is 1. The summed E-state index contributed by atoms with van der Waals surface area (Å²) in [5, 5.41) is 3.03. The summed E-state index contributed by atoms with van der Waals surface area (Å²) in [5.41, 5.74) is 9.02. The predicted octanol–water partition coefficient (Wildman–Crippen LogP) is 2.09. The SMILES string of the molecule is Cc1cccc(C)c1NC(=O)CN1CCC(N)CC1.Cl. The van der Waals surface area contributed by atoms with Gasteiger partial charge in [0.15, 0.2) is 0 Å². The number of carbonyl (C=O) groups excluding carboxylic acids is 1. The zero-order chi connectivity index (χ0) is 13.8. The van der Waals surface area contributed by atoms with E-state index in [0.717, 1.165) is 42.7 Å². The van der Waals surface area contributed by atoms with Crippen molar-refractivity contribution in [2.24, 2.45) is 5.73 Å². The number of amides is 1. The molecule has 0 atom stereocenters. The molecule has 0 unspecified atom stereocenters. The van der Waals surface area contributed by atoms with E-state index in [4.69, 9.17) is 5.73 Å². The van der Waals surface area contributed by atoms with Crippen LogP contribution in [0.15, 0.2) is 18.2 Å². The largest absolute Gasteiger partial charge is 0.328 e. The van der Waals surface area contributed by atoms with Crippen LogP contribution < -0.4 is 11.1 Å². The number of hydrogen-bond acceptors (Lipinski definition) is 3. The summed E-state index contributed by atoms with van der Waals surface area (Å²) < 4.78 is 0. The molecule has 0 saturated carbocycles. The van der Waals surface area contributed by atoms with E-state index in [1.807, 2.05) is 32.0 Å². The highest BCUT2D eigenvalue weighted by atomic mass is 35.5. The van der Waals surface area contributed by atoms with Gasteiger partial charge >= 0.3 is 0 Å². The molecule has 3 N–H and O–H groups in total. The lowest BCUT2D eigenvalue weighted by Crippen LogP contribution is -2.43. The van der Waals surface area contributed by atoms with Gasteiger partial charge in [-0.25, -0.2) is 0 Å². The Morgan fingerprint density at radius 1 is 1.30 bits per heavy atom. The van der Waals surface area contributed by atoms with E-state index in [1.165, 1.54) is 0 Å². The topological polar surface area (TPSA) is 58.4 Å². The first kappa shape index (κ1) is 17.0. The van der Waals surface area contributed by atoms with Crippen molar-refractivity contribution < 1.29 is 4.79 Å². The van der Waals surface area contributed by atoms with Gasteiger partial charge in [0.2, 0.25) is 5.91 Å². The summed E-state index contributed by atoms with van der Waals surface area (Å²) in [7, 11) is 0. The number of aryl methyl sites for hydroxylation is 2. The predicted molar refractivity (Wildman–Crippen MR) is 85.4 cm³/mol. The highest BCUT2D eigenvalue weighted by Crippen LogP contribution is 2.19. The van der Waals surface area contributed by atoms with Gasteiger partial charge in [-0.05, 0) is 37.8 Å². The molecular formula is C15H24ClN3O. The molecule has 20 heavy (non-hydrogen) atoms. The van der Waals surface area contributed by atoms with Crippen molar-refractivity contribution in [3.05, 3.63) is 29.3 Å². The Balaban J connectivity index is 0.00000200. The molecule has 2 rings (SSSR count). The summed E-state index contributed by atoms with van der Waals surface area (Å²) in [6.07, 6.45) is 1.97. The van der Waals surface area contributed by atoms with E-state index in [-0.39, 0.29) is 18.3 Å². The summed E-state index contributed by atoms with van der Waals surface area (Å²) in [5.74, 6) is 0.0628. The third kappa shape index (κ3) is 4.47. The molecule has 0 bridgehead atoms. The van der Waals surface area contributed by atoms with Gasteiger partial charge in [0.1, 0.15) is 0 Å². The lowest BCUT2D eigenvalue weighted by atomic mass is 10.1. The van der Waals surface area contributed by atoms with Gasteiger partial charge in [-0.3, -0.25) is 9.69 Å². The number of nitrogens with one attached hydrogen (secondary N) is 1. The zero-order valence-corrected chi connectivity index (χ0v) is 13.0. The number of hydrogen-bond donors (Lipinski definition) is 2. The van der Waals surface area contributed by atoms with Crippen LogP contribution in [0.2, 0.25) is 0 Å². The van der Waals surface area contributed by atoms with Crippen molar-refractivity contribution in [2.75, 3.05) is 25.0 Å². The third-order valence-electron chi connectivity index (χ3n) is 3.74. The molecule has 0 spiro atoms. The van der Waals surface area contributed by atoms with E-state index < -0.39 is 0 Å². The minimum Gasteiger partial charge on any atom is -0.328 e. The molecule has 1 amide bonds. The molecule has 0 aliphatic carbocycles. The summed E-state index contributed by atoms with van der Waals surface area (Å²) in [6.45, 7) is 6.33. The van der Waals surface area contributed by atoms with Crippen LogP contribution in [0.4, 0.5) is 5.69 Å². The molecule has 0 radical (unpaired) electrons. The van der Waals surface area contributed by atoms with Crippen LogP contribution in [0.1, 0.15) is 24.0 Å². The Labute approximate surface area is 127 Å². The minimum atomic E-state index is 0. The number of benzene rings is 1. The average molecular weight is 298 g/mol. The summed E-state index contributed by atoms with van der Waals surface area (Å²) in [4.78, 5) is 14.3. The summed E-state index contributed by atoms with van der Waals surface area (Å²) >= 11 is 0. The second-order valence-corrected chi connectivity index (χ2v) is 5.43. The molecule has 1 aromatic rings. The normalized spacial score (nSPS) is 16.6.